The molecule has 2 N–H and O–H groups in total. The van der Waals surface area contributed by atoms with Crippen molar-refractivity contribution in [1.82, 2.24) is 19.8 Å². The molecule has 0 spiro atoms. The lowest BCUT2D eigenvalue weighted by Crippen LogP contribution is -2.52. The van der Waals surface area contributed by atoms with Crippen molar-refractivity contribution in [2.45, 2.75) is 36.6 Å². The number of nitrogens with zero attached hydrogens (tertiary/aromatic N) is 3. The maximum absolute atomic E-state index is 13.2. The van der Waals surface area contributed by atoms with Crippen molar-refractivity contribution in [3.63, 3.8) is 0 Å². The van der Waals surface area contributed by atoms with E-state index in [-0.39, 0.29) is 16.7 Å². The molecular formula is C24H30ClN5O3S. The van der Waals surface area contributed by atoms with Crippen molar-refractivity contribution in [2.24, 2.45) is 10.9 Å². The molecule has 8 nitrogen and oxygen atoms in total. The molecule has 1 saturated carbocycles. The molecule has 2 aromatic carbocycles. The van der Waals surface area contributed by atoms with Crippen molar-refractivity contribution < 1.29 is 13.2 Å². The number of hydrogen-bond donors (Lipinski definition) is 2. The number of nitrogens with one attached hydrogen (secondary N) is 2. The largest absolute Gasteiger partial charge is 0.355 e. The van der Waals surface area contributed by atoms with E-state index in [1.807, 2.05) is 17.0 Å². The Morgan fingerprint density at radius 1 is 1.00 bits per heavy atom. The van der Waals surface area contributed by atoms with Gasteiger partial charge in [0.2, 0.25) is 15.9 Å². The Labute approximate surface area is 205 Å². The average molecular weight is 504 g/mol. The fourth-order valence-electron chi connectivity index (χ4n) is 5.08. The van der Waals surface area contributed by atoms with Crippen molar-refractivity contribution in [3.8, 4) is 0 Å². The summed E-state index contributed by atoms with van der Waals surface area (Å²) < 4.78 is 27.9. The van der Waals surface area contributed by atoms with Crippen molar-refractivity contribution >= 4 is 44.3 Å². The fourth-order valence-corrected chi connectivity index (χ4v) is 6.72. The standard InChI is InChI=1S/C24H30ClN5O3S/c25-20-5-1-19-16-22(8-4-18(19)15-20)34(32,33)30-13-11-29(12-14-30)23(31)17-2-6-21(7-3-17)28-24-26-9-10-27-24/h1,4-5,8,15-17,21H,2-3,6-7,9-14H2,(H2,26,27,28). The zero-order valence-corrected chi connectivity index (χ0v) is 20.6. The molecule has 2 fully saturated rings. The minimum Gasteiger partial charge on any atom is -0.355 e. The van der Waals surface area contributed by atoms with Crippen LogP contribution in [0, 0.1) is 5.92 Å². The first-order chi connectivity index (χ1) is 16.4. The SMILES string of the molecule is O=C(C1CCC(NC2=NCCN2)CC1)N1CCN(S(=O)(=O)c2ccc3cc(Cl)ccc3c2)CC1. The zero-order chi connectivity index (χ0) is 23.7. The summed E-state index contributed by atoms with van der Waals surface area (Å²) in [6.07, 6.45) is 3.59. The van der Waals surface area contributed by atoms with Gasteiger partial charge in [-0.2, -0.15) is 4.31 Å². The van der Waals surface area contributed by atoms with Crippen LogP contribution in [0.25, 0.3) is 10.8 Å². The van der Waals surface area contributed by atoms with Crippen LogP contribution in [0.2, 0.25) is 5.02 Å². The summed E-state index contributed by atoms with van der Waals surface area (Å²) in [6.45, 7) is 3.19. The molecular weight excluding hydrogens is 474 g/mol. The van der Waals surface area contributed by atoms with Crippen molar-refractivity contribution in [1.29, 1.82) is 0 Å². The number of amides is 1. The van der Waals surface area contributed by atoms with Gasteiger partial charge in [0.1, 0.15) is 0 Å². The zero-order valence-electron chi connectivity index (χ0n) is 19.0. The van der Waals surface area contributed by atoms with Crippen LogP contribution in [0.1, 0.15) is 25.7 Å². The molecule has 0 bridgehead atoms. The van der Waals surface area contributed by atoms with Gasteiger partial charge in [-0.3, -0.25) is 9.79 Å². The van der Waals surface area contributed by atoms with Crippen LogP contribution in [0.15, 0.2) is 46.3 Å². The first-order valence-electron chi connectivity index (χ1n) is 11.9. The molecule has 2 heterocycles. The van der Waals surface area contributed by atoms with E-state index in [1.165, 1.54) is 4.31 Å². The Morgan fingerprint density at radius 2 is 1.71 bits per heavy atom. The molecule has 10 heteroatoms. The van der Waals surface area contributed by atoms with E-state index in [1.54, 1.807) is 24.3 Å². The highest BCUT2D eigenvalue weighted by Gasteiger charge is 2.34. The lowest BCUT2D eigenvalue weighted by molar-refractivity contribution is -0.137. The number of carbonyl (C=O) groups is 1. The van der Waals surface area contributed by atoms with Crippen LogP contribution in [0.4, 0.5) is 0 Å². The fraction of sp³-hybridized carbons (Fsp3) is 0.500. The van der Waals surface area contributed by atoms with E-state index in [4.69, 9.17) is 11.6 Å². The average Bonchev–Trinajstić information content (AvgIpc) is 3.37. The number of hydrogen-bond acceptors (Lipinski definition) is 6. The number of piperazine rings is 1. The maximum atomic E-state index is 13.2. The topological polar surface area (TPSA) is 94.1 Å². The highest BCUT2D eigenvalue weighted by Crippen LogP contribution is 2.28. The molecule has 1 amide bonds. The van der Waals surface area contributed by atoms with E-state index in [9.17, 15) is 13.2 Å². The second-order valence-electron chi connectivity index (χ2n) is 9.23. The molecule has 1 saturated heterocycles. The first-order valence-corrected chi connectivity index (χ1v) is 13.7. The van der Waals surface area contributed by atoms with E-state index < -0.39 is 10.0 Å². The molecule has 2 aromatic rings. The normalized spacial score (nSPS) is 24.0. The minimum absolute atomic E-state index is 0.0204. The lowest BCUT2D eigenvalue weighted by atomic mass is 9.85. The molecule has 0 aromatic heterocycles. The summed E-state index contributed by atoms with van der Waals surface area (Å²) in [6, 6.07) is 10.9. The predicted octanol–water partition coefficient (Wildman–Crippen LogP) is 2.43. The molecule has 0 unspecified atom stereocenters. The first kappa shape index (κ1) is 23.4. The van der Waals surface area contributed by atoms with Crippen LogP contribution in [-0.2, 0) is 14.8 Å². The summed E-state index contributed by atoms with van der Waals surface area (Å²) in [5.41, 5.74) is 0. The van der Waals surface area contributed by atoms with Gasteiger partial charge >= 0.3 is 0 Å². The summed E-state index contributed by atoms with van der Waals surface area (Å²) in [5, 5.41) is 9.03. The quantitative estimate of drug-likeness (QED) is 0.668. The maximum Gasteiger partial charge on any atom is 0.243 e. The summed E-state index contributed by atoms with van der Waals surface area (Å²) >= 11 is 6.04. The molecule has 5 rings (SSSR count). The van der Waals surface area contributed by atoms with Gasteiger partial charge < -0.3 is 15.5 Å². The third kappa shape index (κ3) is 4.87. The smallest absolute Gasteiger partial charge is 0.243 e. The number of benzene rings is 2. The van der Waals surface area contributed by atoms with Crippen molar-refractivity contribution in [2.75, 3.05) is 39.3 Å². The minimum atomic E-state index is -3.62. The van der Waals surface area contributed by atoms with Crippen LogP contribution < -0.4 is 10.6 Å². The van der Waals surface area contributed by atoms with Crippen LogP contribution in [-0.4, -0.2) is 74.8 Å². The van der Waals surface area contributed by atoms with Crippen molar-refractivity contribution in [3.05, 3.63) is 41.4 Å². The van der Waals surface area contributed by atoms with Gasteiger partial charge in [0.05, 0.1) is 11.4 Å². The number of aliphatic imine (C=N–C) groups is 1. The second kappa shape index (κ2) is 9.71. The number of sulfonamides is 1. The number of rotatable bonds is 4. The van der Waals surface area contributed by atoms with Gasteiger partial charge in [-0.1, -0.05) is 23.7 Å². The number of fused-ring (bicyclic) bond motifs is 1. The van der Waals surface area contributed by atoms with E-state index >= 15 is 0 Å². The Morgan fingerprint density at radius 3 is 2.41 bits per heavy atom. The van der Waals surface area contributed by atoms with E-state index in [0.29, 0.717) is 37.2 Å². The van der Waals surface area contributed by atoms with Gasteiger partial charge in [-0.15, -0.1) is 0 Å². The Kier molecular flexibility index (Phi) is 6.68. The van der Waals surface area contributed by atoms with Gasteiger partial charge in [0.25, 0.3) is 0 Å². The lowest BCUT2D eigenvalue weighted by Gasteiger charge is -2.37. The molecule has 3 aliphatic rings. The predicted molar refractivity (Wildman–Crippen MR) is 133 cm³/mol. The van der Waals surface area contributed by atoms with Gasteiger partial charge in [0.15, 0.2) is 5.96 Å². The van der Waals surface area contributed by atoms with Gasteiger partial charge in [0, 0.05) is 49.7 Å². The van der Waals surface area contributed by atoms with E-state index in [2.05, 4.69) is 15.6 Å². The number of halogens is 1. The summed E-state index contributed by atoms with van der Waals surface area (Å²) in [5.74, 6) is 1.06. The monoisotopic (exact) mass is 503 g/mol. The second-order valence-corrected chi connectivity index (χ2v) is 11.6. The third-order valence-electron chi connectivity index (χ3n) is 7.05. The van der Waals surface area contributed by atoms with Crippen LogP contribution >= 0.6 is 11.6 Å². The Balaban J connectivity index is 1.16. The highest BCUT2D eigenvalue weighted by molar-refractivity contribution is 7.89. The van der Waals surface area contributed by atoms with E-state index in [0.717, 1.165) is 55.5 Å². The molecule has 0 radical (unpaired) electrons. The summed E-state index contributed by atoms with van der Waals surface area (Å²) in [7, 11) is -3.62. The van der Waals surface area contributed by atoms with Gasteiger partial charge in [-0.25, -0.2) is 8.42 Å². The highest BCUT2D eigenvalue weighted by atomic mass is 35.5. The molecule has 34 heavy (non-hydrogen) atoms. The number of carbonyl (C=O) groups excluding carboxylic acids is 1. The molecule has 2 aliphatic heterocycles. The molecule has 1 aliphatic carbocycles. The third-order valence-corrected chi connectivity index (χ3v) is 9.18. The van der Waals surface area contributed by atoms with Crippen LogP contribution in [0.3, 0.4) is 0 Å². The molecule has 0 atom stereocenters. The summed E-state index contributed by atoms with van der Waals surface area (Å²) in [4.78, 5) is 19.6. The molecule has 182 valence electrons. The Hall–Kier alpha value is -2.36. The van der Waals surface area contributed by atoms with Crippen LogP contribution in [0.5, 0.6) is 0 Å². The van der Waals surface area contributed by atoms with Gasteiger partial charge in [-0.05, 0) is 60.7 Å². The number of guanidine groups is 1. The Bertz CT molecular complexity index is 1200.